The Hall–Kier alpha value is -2.19. The molecule has 6 nitrogen and oxygen atoms in total. The normalized spacial score (nSPS) is 29.4. The number of hydrogen-bond acceptors (Lipinski definition) is 5. The van der Waals surface area contributed by atoms with Gasteiger partial charge in [-0.1, -0.05) is 0 Å². The molecule has 1 N–H and O–H groups in total. The fourth-order valence-corrected chi connectivity index (χ4v) is 4.46. The van der Waals surface area contributed by atoms with Crippen molar-refractivity contribution in [2.45, 2.75) is 32.0 Å². The van der Waals surface area contributed by atoms with E-state index in [9.17, 15) is 18.0 Å². The molecular formula is C18H22F3N3O3. The largest absolute Gasteiger partial charge is 0.491 e. The predicted octanol–water partition coefficient (Wildman–Crippen LogP) is 2.86. The molecule has 0 spiro atoms. The van der Waals surface area contributed by atoms with E-state index >= 15 is 0 Å². The maximum absolute atomic E-state index is 13.4. The third-order valence-corrected chi connectivity index (χ3v) is 6.14. The minimum atomic E-state index is -4.54. The summed E-state index contributed by atoms with van der Waals surface area (Å²) in [4.78, 5) is 18.5. The Kier molecular flexibility index (Phi) is 4.16. The molecule has 2 aliphatic heterocycles. The Bertz CT molecular complexity index is 758. The summed E-state index contributed by atoms with van der Waals surface area (Å²) >= 11 is 0. The third-order valence-electron chi connectivity index (χ3n) is 6.14. The van der Waals surface area contributed by atoms with E-state index in [1.165, 1.54) is 7.11 Å². The average Bonchev–Trinajstić information content (AvgIpc) is 3.02. The molecule has 148 valence electrons. The molecule has 3 heterocycles. The number of alkyl halides is 3. The van der Waals surface area contributed by atoms with Crippen LogP contribution in [-0.4, -0.2) is 48.8 Å². The number of nitrogens with zero attached hydrogens (tertiary/aromatic N) is 3. The molecule has 1 unspecified atom stereocenters. The number of piperidine rings is 1. The molecule has 4 rings (SSSR count). The van der Waals surface area contributed by atoms with Crippen molar-refractivity contribution >= 4 is 17.5 Å². The van der Waals surface area contributed by atoms with Gasteiger partial charge >= 0.3 is 12.1 Å². The first-order valence-corrected chi connectivity index (χ1v) is 9.10. The molecule has 27 heavy (non-hydrogen) atoms. The van der Waals surface area contributed by atoms with Crippen LogP contribution in [0.3, 0.4) is 0 Å². The highest BCUT2D eigenvalue weighted by Gasteiger charge is 2.56. The highest BCUT2D eigenvalue weighted by molar-refractivity contribution is 5.73. The van der Waals surface area contributed by atoms with Gasteiger partial charge in [0.1, 0.15) is 5.69 Å². The van der Waals surface area contributed by atoms with Crippen molar-refractivity contribution in [3.05, 3.63) is 11.8 Å². The summed E-state index contributed by atoms with van der Waals surface area (Å²) in [6.07, 6.45) is -3.51. The molecule has 0 bridgehead atoms. The molecule has 1 aromatic rings. The first kappa shape index (κ1) is 18.2. The molecule has 1 aliphatic carbocycles. The second-order valence-corrected chi connectivity index (χ2v) is 7.71. The summed E-state index contributed by atoms with van der Waals surface area (Å²) in [5.41, 5.74) is -0.523. The van der Waals surface area contributed by atoms with Gasteiger partial charge in [0.2, 0.25) is 0 Å². The number of hydrogen-bond donors (Lipinski definition) is 1. The summed E-state index contributed by atoms with van der Waals surface area (Å²) in [6, 6.07) is 1.18. The van der Waals surface area contributed by atoms with Crippen molar-refractivity contribution < 1.29 is 27.8 Å². The molecule has 3 fully saturated rings. The minimum absolute atomic E-state index is 0.120. The fourth-order valence-electron chi connectivity index (χ4n) is 4.46. The van der Waals surface area contributed by atoms with Crippen LogP contribution < -0.4 is 14.5 Å². The number of anilines is 2. The van der Waals surface area contributed by atoms with Gasteiger partial charge in [0, 0.05) is 32.1 Å². The molecule has 1 saturated carbocycles. The molecule has 2 saturated heterocycles. The number of carboxylic acid groups (broad SMARTS) is 1. The average molecular weight is 385 g/mol. The van der Waals surface area contributed by atoms with Gasteiger partial charge in [0.25, 0.3) is 0 Å². The van der Waals surface area contributed by atoms with Crippen molar-refractivity contribution in [1.82, 2.24) is 4.98 Å². The van der Waals surface area contributed by atoms with E-state index in [2.05, 4.69) is 4.98 Å². The molecule has 0 amide bonds. The van der Waals surface area contributed by atoms with Crippen LogP contribution in [0.15, 0.2) is 6.07 Å². The second-order valence-electron chi connectivity index (χ2n) is 7.71. The van der Waals surface area contributed by atoms with E-state index in [-0.39, 0.29) is 36.0 Å². The molecule has 3 aliphatic rings. The number of ether oxygens (including phenoxy) is 1. The highest BCUT2D eigenvalue weighted by atomic mass is 19.4. The lowest BCUT2D eigenvalue weighted by atomic mass is 10.0. The Morgan fingerprint density at radius 2 is 2.04 bits per heavy atom. The van der Waals surface area contributed by atoms with Crippen LogP contribution in [0.2, 0.25) is 0 Å². The van der Waals surface area contributed by atoms with Crippen molar-refractivity contribution in [1.29, 1.82) is 0 Å². The number of carboxylic acids is 1. The minimum Gasteiger partial charge on any atom is -0.491 e. The van der Waals surface area contributed by atoms with Crippen molar-refractivity contribution in [3.63, 3.8) is 0 Å². The van der Waals surface area contributed by atoms with Gasteiger partial charge in [-0.3, -0.25) is 4.79 Å². The number of carbonyl (C=O) groups is 1. The van der Waals surface area contributed by atoms with E-state index in [1.807, 2.05) is 16.7 Å². The molecular weight excluding hydrogens is 363 g/mol. The van der Waals surface area contributed by atoms with E-state index < -0.39 is 17.8 Å². The first-order valence-electron chi connectivity index (χ1n) is 9.10. The summed E-state index contributed by atoms with van der Waals surface area (Å²) in [6.45, 7) is 3.70. The van der Waals surface area contributed by atoms with Crippen molar-refractivity contribution in [3.8, 4) is 5.75 Å². The topological polar surface area (TPSA) is 65.9 Å². The van der Waals surface area contributed by atoms with Gasteiger partial charge in [-0.2, -0.15) is 13.2 Å². The third kappa shape index (κ3) is 3.06. The molecule has 0 aromatic carbocycles. The van der Waals surface area contributed by atoms with Crippen LogP contribution in [0.25, 0.3) is 0 Å². The number of fused-ring (bicyclic) bond motifs is 1. The Morgan fingerprint density at radius 1 is 1.37 bits per heavy atom. The zero-order chi connectivity index (χ0) is 19.5. The van der Waals surface area contributed by atoms with Crippen LogP contribution >= 0.6 is 0 Å². The summed E-state index contributed by atoms with van der Waals surface area (Å²) in [5.74, 6) is 0.355. The quantitative estimate of drug-likeness (QED) is 0.841. The van der Waals surface area contributed by atoms with E-state index in [4.69, 9.17) is 9.84 Å². The van der Waals surface area contributed by atoms with Gasteiger partial charge in [-0.15, -0.1) is 0 Å². The number of halogens is 3. The van der Waals surface area contributed by atoms with E-state index in [1.54, 1.807) is 0 Å². The van der Waals surface area contributed by atoms with Crippen molar-refractivity contribution in [2.75, 3.05) is 36.5 Å². The zero-order valence-corrected chi connectivity index (χ0v) is 15.2. The number of aromatic nitrogens is 1. The standard InChI is InChI=1S/C18H22F3N3O3/c1-9-3-4-24(9)17-16(27-2)13(6-14(22-17)18(19,20)21)23-7-11-10(5-15(25)26)12(11)8-23/h6,9-12H,3-5,7-8H2,1-2H3,(H,25,26)/t9-,10?,11-,12+/m0/s1. The molecule has 1 aromatic heterocycles. The second kappa shape index (κ2) is 6.17. The number of methoxy groups -OCH3 is 1. The highest BCUT2D eigenvalue weighted by Crippen LogP contribution is 2.56. The number of pyridine rings is 1. The van der Waals surface area contributed by atoms with Crippen molar-refractivity contribution in [2.24, 2.45) is 17.8 Å². The maximum Gasteiger partial charge on any atom is 0.433 e. The van der Waals surface area contributed by atoms with Gasteiger partial charge < -0.3 is 19.6 Å². The molecule has 9 heteroatoms. The van der Waals surface area contributed by atoms with Crippen LogP contribution in [-0.2, 0) is 11.0 Å². The SMILES string of the molecule is COc1c(N2C[C@@H]3C(CC(=O)O)[C@@H]3C2)cc(C(F)(F)F)nc1N1CC[C@@H]1C. The monoisotopic (exact) mass is 385 g/mol. The smallest absolute Gasteiger partial charge is 0.433 e. The number of rotatable bonds is 5. The lowest BCUT2D eigenvalue weighted by Crippen LogP contribution is -2.46. The Labute approximate surface area is 154 Å². The fraction of sp³-hybridized carbons (Fsp3) is 0.667. The molecule has 4 atom stereocenters. The maximum atomic E-state index is 13.4. The Morgan fingerprint density at radius 3 is 2.48 bits per heavy atom. The summed E-state index contributed by atoms with van der Waals surface area (Å²) < 4.78 is 45.8. The van der Waals surface area contributed by atoms with Gasteiger partial charge in [0.15, 0.2) is 11.6 Å². The predicted molar refractivity (Wildman–Crippen MR) is 92.2 cm³/mol. The van der Waals surface area contributed by atoms with E-state index in [0.29, 0.717) is 31.1 Å². The van der Waals surface area contributed by atoms with Gasteiger partial charge in [-0.25, -0.2) is 4.98 Å². The van der Waals surface area contributed by atoms with Crippen LogP contribution in [0.1, 0.15) is 25.5 Å². The number of aliphatic carboxylic acids is 1. The summed E-state index contributed by atoms with van der Waals surface area (Å²) in [5, 5.41) is 8.95. The van der Waals surface area contributed by atoms with Crippen LogP contribution in [0, 0.1) is 17.8 Å². The zero-order valence-electron chi connectivity index (χ0n) is 15.2. The lowest BCUT2D eigenvalue weighted by molar-refractivity contribution is -0.141. The Balaban J connectivity index is 1.66. The van der Waals surface area contributed by atoms with E-state index in [0.717, 1.165) is 12.5 Å². The molecule has 0 radical (unpaired) electrons. The lowest BCUT2D eigenvalue weighted by Gasteiger charge is -2.41. The van der Waals surface area contributed by atoms with Crippen LogP contribution in [0.4, 0.5) is 24.7 Å². The van der Waals surface area contributed by atoms with Gasteiger partial charge in [0.05, 0.1) is 12.8 Å². The van der Waals surface area contributed by atoms with Gasteiger partial charge in [-0.05, 0) is 37.2 Å². The van der Waals surface area contributed by atoms with Crippen LogP contribution in [0.5, 0.6) is 5.75 Å². The summed E-state index contributed by atoms with van der Waals surface area (Å²) in [7, 11) is 1.45. The first-order chi connectivity index (χ1) is 12.7.